The molecule has 0 radical (unpaired) electrons. The molecule has 0 spiro atoms. The Morgan fingerprint density at radius 2 is 1.93 bits per heavy atom. The van der Waals surface area contributed by atoms with Crippen LogP contribution in [0.5, 0.6) is 5.75 Å². The number of ether oxygens (including phenoxy) is 2. The van der Waals surface area contributed by atoms with Gasteiger partial charge in [-0.05, 0) is 45.4 Å². The maximum absolute atomic E-state index is 13.2. The zero-order valence-electron chi connectivity index (χ0n) is 15.8. The maximum Gasteiger partial charge on any atom is 0.328 e. The van der Waals surface area contributed by atoms with Crippen LogP contribution in [0.2, 0.25) is 0 Å². The van der Waals surface area contributed by atoms with E-state index in [2.05, 4.69) is 4.98 Å². The molecular weight excluding hydrogens is 364 g/mol. The van der Waals surface area contributed by atoms with Crippen LogP contribution >= 0.6 is 11.3 Å². The number of fused-ring (bicyclic) bond motifs is 1. The molecule has 0 aliphatic carbocycles. The molecule has 0 saturated carbocycles. The highest BCUT2D eigenvalue weighted by Crippen LogP contribution is 2.36. The van der Waals surface area contributed by atoms with Gasteiger partial charge in [0.1, 0.15) is 16.6 Å². The molecule has 0 aliphatic rings. The van der Waals surface area contributed by atoms with E-state index in [1.165, 1.54) is 22.2 Å². The second-order valence-electron chi connectivity index (χ2n) is 6.06. The first-order valence-corrected chi connectivity index (χ1v) is 9.69. The number of aromatic nitrogens is 2. The second kappa shape index (κ2) is 7.92. The number of benzene rings is 1. The first-order chi connectivity index (χ1) is 13.0. The van der Waals surface area contributed by atoms with E-state index in [-0.39, 0.29) is 12.2 Å². The minimum Gasteiger partial charge on any atom is -0.494 e. The zero-order chi connectivity index (χ0) is 19.6. The molecule has 6 nitrogen and oxygen atoms in total. The lowest BCUT2D eigenvalue weighted by molar-refractivity contribution is -0.146. The predicted molar refractivity (Wildman–Crippen MR) is 107 cm³/mol. The van der Waals surface area contributed by atoms with Crippen molar-refractivity contribution in [3.8, 4) is 16.9 Å². The fourth-order valence-electron chi connectivity index (χ4n) is 3.00. The van der Waals surface area contributed by atoms with Crippen molar-refractivity contribution in [1.82, 2.24) is 9.55 Å². The quantitative estimate of drug-likeness (QED) is 0.600. The van der Waals surface area contributed by atoms with Crippen LogP contribution in [0.3, 0.4) is 0 Å². The van der Waals surface area contributed by atoms with Gasteiger partial charge in [-0.1, -0.05) is 12.1 Å². The lowest BCUT2D eigenvalue weighted by Crippen LogP contribution is -2.29. The van der Waals surface area contributed by atoms with Gasteiger partial charge in [0, 0.05) is 10.4 Å². The predicted octanol–water partition coefficient (Wildman–Crippen LogP) is 3.96. The molecule has 0 fully saturated rings. The summed E-state index contributed by atoms with van der Waals surface area (Å²) in [6.45, 7) is 8.15. The van der Waals surface area contributed by atoms with E-state index >= 15 is 0 Å². The number of aryl methyl sites for hydroxylation is 1. The Bertz CT molecular complexity index is 1020. The van der Waals surface area contributed by atoms with E-state index in [0.717, 1.165) is 21.8 Å². The summed E-state index contributed by atoms with van der Waals surface area (Å²) in [6.07, 6.45) is 1.42. The van der Waals surface area contributed by atoms with Gasteiger partial charge in [-0.2, -0.15) is 0 Å². The lowest BCUT2D eigenvalue weighted by atomic mass is 10.0. The average Bonchev–Trinajstić information content (AvgIpc) is 2.99. The highest BCUT2D eigenvalue weighted by molar-refractivity contribution is 7.19. The van der Waals surface area contributed by atoms with Crippen molar-refractivity contribution in [3.63, 3.8) is 0 Å². The van der Waals surface area contributed by atoms with E-state index in [1.807, 2.05) is 38.1 Å². The number of carbonyl (C=O) groups excluding carboxylic acids is 1. The zero-order valence-corrected chi connectivity index (χ0v) is 16.6. The van der Waals surface area contributed by atoms with Gasteiger partial charge in [-0.3, -0.25) is 9.36 Å². The van der Waals surface area contributed by atoms with E-state index < -0.39 is 12.0 Å². The Kier molecular flexibility index (Phi) is 5.60. The number of thiophene rings is 1. The molecule has 0 aliphatic heterocycles. The van der Waals surface area contributed by atoms with Gasteiger partial charge in [0.25, 0.3) is 5.56 Å². The molecule has 2 heterocycles. The van der Waals surface area contributed by atoms with Crippen molar-refractivity contribution < 1.29 is 14.3 Å². The van der Waals surface area contributed by atoms with Gasteiger partial charge in [0.15, 0.2) is 0 Å². The summed E-state index contributed by atoms with van der Waals surface area (Å²) in [5, 5.41) is 0.528. The monoisotopic (exact) mass is 386 g/mol. The molecule has 27 heavy (non-hydrogen) atoms. The van der Waals surface area contributed by atoms with Crippen LogP contribution in [-0.2, 0) is 9.53 Å². The number of hydrogen-bond donors (Lipinski definition) is 0. The van der Waals surface area contributed by atoms with E-state index in [1.54, 1.807) is 13.8 Å². The summed E-state index contributed by atoms with van der Waals surface area (Å²) >= 11 is 1.47. The maximum atomic E-state index is 13.2. The molecule has 0 unspecified atom stereocenters. The third kappa shape index (κ3) is 3.60. The van der Waals surface area contributed by atoms with Crippen molar-refractivity contribution in [2.75, 3.05) is 13.2 Å². The first kappa shape index (κ1) is 19.1. The van der Waals surface area contributed by atoms with Gasteiger partial charge in [0.05, 0.1) is 24.9 Å². The molecule has 0 N–H and O–H groups in total. The van der Waals surface area contributed by atoms with Crippen LogP contribution < -0.4 is 10.3 Å². The largest absolute Gasteiger partial charge is 0.494 e. The molecule has 0 bridgehead atoms. The highest BCUT2D eigenvalue weighted by Gasteiger charge is 2.22. The van der Waals surface area contributed by atoms with E-state index in [4.69, 9.17) is 9.47 Å². The number of esters is 1. The van der Waals surface area contributed by atoms with Crippen molar-refractivity contribution in [3.05, 3.63) is 45.8 Å². The number of hydrogen-bond acceptors (Lipinski definition) is 6. The second-order valence-corrected chi connectivity index (χ2v) is 7.26. The minimum atomic E-state index is -0.734. The Morgan fingerprint density at radius 1 is 1.22 bits per heavy atom. The van der Waals surface area contributed by atoms with Crippen molar-refractivity contribution in [1.29, 1.82) is 0 Å². The summed E-state index contributed by atoms with van der Waals surface area (Å²) in [6, 6.07) is 6.91. The van der Waals surface area contributed by atoms with Crippen LogP contribution in [0.25, 0.3) is 21.3 Å². The summed E-state index contributed by atoms with van der Waals surface area (Å²) in [5.74, 6) is 0.334. The third-order valence-electron chi connectivity index (χ3n) is 4.31. The Balaban J connectivity index is 2.13. The highest BCUT2D eigenvalue weighted by atomic mass is 32.1. The molecule has 3 aromatic rings. The van der Waals surface area contributed by atoms with Gasteiger partial charge in [0.2, 0.25) is 0 Å². The summed E-state index contributed by atoms with van der Waals surface area (Å²) in [4.78, 5) is 31.3. The smallest absolute Gasteiger partial charge is 0.328 e. The summed E-state index contributed by atoms with van der Waals surface area (Å²) in [5.41, 5.74) is 1.53. The molecule has 3 rings (SSSR count). The number of carbonyl (C=O) groups is 1. The van der Waals surface area contributed by atoms with E-state index in [0.29, 0.717) is 16.8 Å². The molecule has 142 valence electrons. The molecule has 2 aromatic heterocycles. The van der Waals surface area contributed by atoms with Crippen LogP contribution in [-0.4, -0.2) is 28.7 Å². The Morgan fingerprint density at radius 3 is 2.56 bits per heavy atom. The first-order valence-electron chi connectivity index (χ1n) is 8.88. The molecule has 0 saturated heterocycles. The lowest BCUT2D eigenvalue weighted by Gasteiger charge is -2.13. The fraction of sp³-hybridized carbons (Fsp3) is 0.350. The van der Waals surface area contributed by atoms with Gasteiger partial charge >= 0.3 is 5.97 Å². The Hall–Kier alpha value is -2.67. The van der Waals surface area contributed by atoms with Crippen LogP contribution in [0.4, 0.5) is 0 Å². The topological polar surface area (TPSA) is 70.4 Å². The summed E-state index contributed by atoms with van der Waals surface area (Å²) < 4.78 is 11.9. The van der Waals surface area contributed by atoms with Crippen molar-refractivity contribution >= 4 is 27.5 Å². The van der Waals surface area contributed by atoms with Crippen molar-refractivity contribution in [2.45, 2.75) is 33.7 Å². The molecule has 7 heteroatoms. The number of rotatable bonds is 6. The number of nitrogens with zero attached hydrogens (tertiary/aromatic N) is 2. The standard InChI is InChI=1S/C20H22N2O4S/c1-5-25-15-9-7-14(8-10-15)16-13(4)27-18-17(16)19(23)22(11-21-18)12(3)20(24)26-6-2/h7-12H,5-6H2,1-4H3/t12-/m1/s1. The van der Waals surface area contributed by atoms with Gasteiger partial charge < -0.3 is 9.47 Å². The molecule has 0 amide bonds. The van der Waals surface area contributed by atoms with Gasteiger partial charge in [-0.15, -0.1) is 11.3 Å². The SMILES string of the molecule is CCOC(=O)[C@@H](C)n1cnc2sc(C)c(-c3ccc(OCC)cc3)c2c1=O. The normalized spacial score (nSPS) is 12.1. The third-order valence-corrected chi connectivity index (χ3v) is 5.33. The van der Waals surface area contributed by atoms with Gasteiger partial charge in [-0.25, -0.2) is 9.78 Å². The molecule has 1 atom stereocenters. The van der Waals surface area contributed by atoms with Crippen LogP contribution in [0.15, 0.2) is 35.4 Å². The Labute approximate surface area is 161 Å². The van der Waals surface area contributed by atoms with Crippen LogP contribution in [0, 0.1) is 6.92 Å². The van der Waals surface area contributed by atoms with E-state index in [9.17, 15) is 9.59 Å². The van der Waals surface area contributed by atoms with Crippen molar-refractivity contribution in [2.24, 2.45) is 0 Å². The average molecular weight is 386 g/mol. The summed E-state index contributed by atoms with van der Waals surface area (Å²) in [7, 11) is 0. The molecule has 1 aromatic carbocycles. The minimum absolute atomic E-state index is 0.242. The molecular formula is C20H22N2O4S. The van der Waals surface area contributed by atoms with Crippen LogP contribution in [0.1, 0.15) is 31.7 Å². The fourth-order valence-corrected chi connectivity index (χ4v) is 4.00.